The molecule has 0 bridgehead atoms. The summed E-state index contributed by atoms with van der Waals surface area (Å²) in [5, 5.41) is 6.65. The number of hydrogen-bond acceptors (Lipinski definition) is 4. The van der Waals surface area contributed by atoms with Gasteiger partial charge in [-0.2, -0.15) is 13.2 Å². The molecule has 0 radical (unpaired) electrons. The van der Waals surface area contributed by atoms with Gasteiger partial charge in [-0.3, -0.25) is 4.79 Å². The molecule has 2 aromatic rings. The van der Waals surface area contributed by atoms with Crippen molar-refractivity contribution in [1.82, 2.24) is 20.0 Å². The van der Waals surface area contributed by atoms with Crippen LogP contribution >= 0.6 is 0 Å². The molecule has 1 aliphatic rings. The molecule has 2 aromatic heterocycles. The van der Waals surface area contributed by atoms with Gasteiger partial charge in [0.05, 0.1) is 5.69 Å². The number of nitrogens with zero attached hydrogens (tertiary/aromatic N) is 3. The van der Waals surface area contributed by atoms with Crippen LogP contribution in [-0.2, 0) is 25.6 Å². The molecule has 1 atom stereocenters. The van der Waals surface area contributed by atoms with Gasteiger partial charge < -0.3 is 14.4 Å². The highest BCUT2D eigenvalue weighted by molar-refractivity contribution is 5.96. The van der Waals surface area contributed by atoms with Gasteiger partial charge in [0, 0.05) is 32.1 Å². The number of aryl methyl sites for hydroxylation is 3. The van der Waals surface area contributed by atoms with Crippen LogP contribution in [0.15, 0.2) is 10.7 Å². The van der Waals surface area contributed by atoms with Crippen molar-refractivity contribution >= 4 is 5.91 Å². The van der Waals surface area contributed by atoms with Crippen molar-refractivity contribution in [3.8, 4) is 0 Å². The van der Waals surface area contributed by atoms with E-state index in [4.69, 9.17) is 4.52 Å². The van der Waals surface area contributed by atoms with Crippen LogP contribution in [0.25, 0.3) is 0 Å². The molecule has 0 aliphatic carbocycles. The zero-order chi connectivity index (χ0) is 18.2. The molecule has 1 aliphatic heterocycles. The first-order chi connectivity index (χ1) is 11.8. The summed E-state index contributed by atoms with van der Waals surface area (Å²) in [4.78, 5) is 16.0. The maximum absolute atomic E-state index is 12.7. The Bertz CT molecular complexity index is 779. The van der Waals surface area contributed by atoms with E-state index in [-0.39, 0.29) is 11.8 Å². The fourth-order valence-electron chi connectivity index (χ4n) is 3.09. The van der Waals surface area contributed by atoms with Crippen LogP contribution in [0.2, 0.25) is 0 Å². The van der Waals surface area contributed by atoms with Gasteiger partial charge in [0.15, 0.2) is 5.69 Å². The Morgan fingerprint density at radius 1 is 1.48 bits per heavy atom. The molecule has 1 N–H and O–H groups in total. The average Bonchev–Trinajstić information content (AvgIpc) is 3.15. The molecule has 3 rings (SSSR count). The minimum atomic E-state index is -4.43. The predicted octanol–water partition coefficient (Wildman–Crippen LogP) is 2.75. The minimum Gasteiger partial charge on any atom is -0.360 e. The number of nitrogens with one attached hydrogen (secondary N) is 1. The van der Waals surface area contributed by atoms with Crippen LogP contribution in [0.3, 0.4) is 0 Å². The number of rotatable bonds is 4. The Kier molecular flexibility index (Phi) is 4.57. The Balaban J connectivity index is 1.63. The SMILES string of the molecule is CCc1onc(C)c1C(=O)NC[C@H]1CCc2nc(C(F)(F)F)cn2C1. The van der Waals surface area contributed by atoms with Crippen molar-refractivity contribution in [1.29, 1.82) is 0 Å². The van der Waals surface area contributed by atoms with E-state index in [2.05, 4.69) is 15.5 Å². The molecular weight excluding hydrogens is 337 g/mol. The zero-order valence-electron chi connectivity index (χ0n) is 14.0. The Morgan fingerprint density at radius 3 is 2.92 bits per heavy atom. The molecule has 1 amide bonds. The molecule has 136 valence electrons. The van der Waals surface area contributed by atoms with E-state index in [0.717, 1.165) is 6.20 Å². The molecule has 25 heavy (non-hydrogen) atoms. The van der Waals surface area contributed by atoms with Crippen LogP contribution in [0.5, 0.6) is 0 Å². The standard InChI is InChI=1S/C16H19F3N4O2/c1-3-11-14(9(2)22-25-11)15(24)20-6-10-4-5-13-21-12(16(17,18)19)8-23(13)7-10/h8,10H,3-7H2,1-2H3,(H,20,24)/t10-/m1/s1. The van der Waals surface area contributed by atoms with E-state index in [9.17, 15) is 18.0 Å². The number of imidazole rings is 1. The van der Waals surface area contributed by atoms with Crippen molar-refractivity contribution in [2.75, 3.05) is 6.54 Å². The molecular formula is C16H19F3N4O2. The van der Waals surface area contributed by atoms with Gasteiger partial charge in [0.25, 0.3) is 5.91 Å². The smallest absolute Gasteiger partial charge is 0.360 e. The molecule has 3 heterocycles. The van der Waals surface area contributed by atoms with Crippen LogP contribution in [-0.4, -0.2) is 27.2 Å². The quantitative estimate of drug-likeness (QED) is 0.914. The summed E-state index contributed by atoms with van der Waals surface area (Å²) >= 11 is 0. The molecule has 6 nitrogen and oxygen atoms in total. The van der Waals surface area contributed by atoms with Crippen molar-refractivity contribution in [2.24, 2.45) is 5.92 Å². The highest BCUT2D eigenvalue weighted by Gasteiger charge is 2.35. The summed E-state index contributed by atoms with van der Waals surface area (Å²) in [6.07, 6.45) is -1.69. The zero-order valence-corrected chi connectivity index (χ0v) is 14.0. The number of carbonyl (C=O) groups excluding carboxylic acids is 1. The lowest BCUT2D eigenvalue weighted by Crippen LogP contribution is -2.34. The third-order valence-corrected chi connectivity index (χ3v) is 4.41. The number of hydrogen-bond donors (Lipinski definition) is 1. The topological polar surface area (TPSA) is 73.0 Å². The summed E-state index contributed by atoms with van der Waals surface area (Å²) in [5.74, 6) is 0.767. The molecule has 0 spiro atoms. The van der Waals surface area contributed by atoms with Gasteiger partial charge in [0.2, 0.25) is 0 Å². The molecule has 0 fully saturated rings. The summed E-state index contributed by atoms with van der Waals surface area (Å²) in [7, 11) is 0. The largest absolute Gasteiger partial charge is 0.434 e. The van der Waals surface area contributed by atoms with Gasteiger partial charge in [-0.05, 0) is 19.3 Å². The fourth-order valence-corrected chi connectivity index (χ4v) is 3.09. The average molecular weight is 356 g/mol. The first-order valence-corrected chi connectivity index (χ1v) is 8.16. The highest BCUT2D eigenvalue weighted by Crippen LogP contribution is 2.30. The molecule has 0 saturated heterocycles. The van der Waals surface area contributed by atoms with Crippen LogP contribution in [0.4, 0.5) is 13.2 Å². The molecule has 9 heteroatoms. The van der Waals surface area contributed by atoms with E-state index >= 15 is 0 Å². The van der Waals surface area contributed by atoms with E-state index < -0.39 is 11.9 Å². The lowest BCUT2D eigenvalue weighted by atomic mass is 9.99. The summed E-state index contributed by atoms with van der Waals surface area (Å²) in [6, 6.07) is 0. The third kappa shape index (κ3) is 3.54. The Hall–Kier alpha value is -2.32. The second-order valence-corrected chi connectivity index (χ2v) is 6.23. The van der Waals surface area contributed by atoms with Gasteiger partial charge in [-0.1, -0.05) is 12.1 Å². The number of halogens is 3. The second-order valence-electron chi connectivity index (χ2n) is 6.23. The monoisotopic (exact) mass is 356 g/mol. The van der Waals surface area contributed by atoms with Gasteiger partial charge in [-0.15, -0.1) is 0 Å². The van der Waals surface area contributed by atoms with Gasteiger partial charge in [0.1, 0.15) is 17.1 Å². The van der Waals surface area contributed by atoms with Crippen LogP contribution in [0.1, 0.15) is 46.7 Å². The van der Waals surface area contributed by atoms with E-state index in [1.165, 1.54) is 4.57 Å². The molecule has 0 saturated carbocycles. The number of alkyl halides is 3. The predicted molar refractivity (Wildman–Crippen MR) is 82.0 cm³/mol. The summed E-state index contributed by atoms with van der Waals surface area (Å²) < 4.78 is 44.9. The third-order valence-electron chi connectivity index (χ3n) is 4.41. The van der Waals surface area contributed by atoms with Crippen molar-refractivity contribution < 1.29 is 22.5 Å². The van der Waals surface area contributed by atoms with Gasteiger partial charge >= 0.3 is 6.18 Å². The van der Waals surface area contributed by atoms with E-state index in [1.807, 2.05) is 6.92 Å². The van der Waals surface area contributed by atoms with Crippen LogP contribution in [0, 0.1) is 12.8 Å². The lowest BCUT2D eigenvalue weighted by molar-refractivity contribution is -0.141. The Morgan fingerprint density at radius 2 is 2.24 bits per heavy atom. The first-order valence-electron chi connectivity index (χ1n) is 8.16. The maximum atomic E-state index is 12.7. The van der Waals surface area contributed by atoms with Crippen LogP contribution < -0.4 is 5.32 Å². The number of amides is 1. The van der Waals surface area contributed by atoms with Gasteiger partial charge in [-0.25, -0.2) is 4.98 Å². The number of carbonyl (C=O) groups is 1. The Labute approximate surface area is 142 Å². The normalized spacial score (nSPS) is 17.4. The fraction of sp³-hybridized carbons (Fsp3) is 0.562. The molecule has 0 unspecified atom stereocenters. The van der Waals surface area contributed by atoms with Crippen molar-refractivity contribution in [3.63, 3.8) is 0 Å². The van der Waals surface area contributed by atoms with E-state index in [0.29, 0.717) is 55.2 Å². The summed E-state index contributed by atoms with van der Waals surface area (Å²) in [5.41, 5.74) is 0.116. The highest BCUT2D eigenvalue weighted by atomic mass is 19.4. The minimum absolute atomic E-state index is 0.0528. The van der Waals surface area contributed by atoms with Crippen molar-refractivity contribution in [2.45, 2.75) is 45.8 Å². The second kappa shape index (κ2) is 6.53. The lowest BCUT2D eigenvalue weighted by Gasteiger charge is -2.23. The van der Waals surface area contributed by atoms with E-state index in [1.54, 1.807) is 6.92 Å². The number of fused-ring (bicyclic) bond motifs is 1. The number of aromatic nitrogens is 3. The first kappa shape index (κ1) is 17.5. The maximum Gasteiger partial charge on any atom is 0.434 e. The summed E-state index contributed by atoms with van der Waals surface area (Å²) in [6.45, 7) is 4.36. The van der Waals surface area contributed by atoms with Crippen molar-refractivity contribution in [3.05, 3.63) is 34.7 Å². The molecule has 0 aromatic carbocycles.